The number of aromatic nitrogens is 3. The fraction of sp³-hybridized carbons (Fsp3) is 0.393. The van der Waals surface area contributed by atoms with Gasteiger partial charge in [0, 0.05) is 17.3 Å². The standard InChI is InChI=1S/C28H33F2N5O4Si/c1-28(2,3)40(4,5)37-17-20-14-26(32-39-20)23-8-6-18(12-24(23)29)22-9-7-19(13-25(22)30)35-16-21(38-27(35)36)15-34-11-10-31-33-34/h6-14,20-21,32H,15-17H2,1-5H3/t20?,21-/m0/s1. The number of nitrogens with zero attached hydrogens (tertiary/aromatic N) is 4. The monoisotopic (exact) mass is 569 g/mol. The topological polar surface area (TPSA) is 90.7 Å². The van der Waals surface area contributed by atoms with Crippen LogP contribution in [0.25, 0.3) is 16.8 Å². The van der Waals surface area contributed by atoms with Crippen LogP contribution in [-0.2, 0) is 20.5 Å². The number of ether oxygens (including phenoxy) is 1. The van der Waals surface area contributed by atoms with Crippen LogP contribution in [0.15, 0.2) is 54.9 Å². The van der Waals surface area contributed by atoms with E-state index in [1.54, 1.807) is 35.2 Å². The number of carbonyl (C=O) groups excluding carboxylic acids is 1. The number of nitrogens with one attached hydrogen (secondary N) is 1. The number of anilines is 1. The Kier molecular flexibility index (Phi) is 7.51. The number of hydrogen-bond acceptors (Lipinski definition) is 7. The maximum absolute atomic E-state index is 15.2. The second kappa shape index (κ2) is 10.8. The van der Waals surface area contributed by atoms with Crippen molar-refractivity contribution in [1.29, 1.82) is 0 Å². The molecule has 0 bridgehead atoms. The second-order valence-corrected chi connectivity index (χ2v) is 16.3. The highest BCUT2D eigenvalue weighted by Gasteiger charge is 2.38. The Morgan fingerprint density at radius 1 is 1.12 bits per heavy atom. The molecule has 1 aromatic heterocycles. The van der Waals surface area contributed by atoms with Crippen molar-refractivity contribution in [3.8, 4) is 11.1 Å². The number of halogens is 2. The van der Waals surface area contributed by atoms with Gasteiger partial charge in [-0.1, -0.05) is 32.1 Å². The lowest BCUT2D eigenvalue weighted by atomic mass is 10.0. The molecule has 212 valence electrons. The van der Waals surface area contributed by atoms with Gasteiger partial charge in [-0.15, -0.1) is 5.10 Å². The Morgan fingerprint density at radius 3 is 2.55 bits per heavy atom. The van der Waals surface area contributed by atoms with Gasteiger partial charge in [-0.3, -0.25) is 15.2 Å². The highest BCUT2D eigenvalue weighted by Crippen LogP contribution is 2.37. The van der Waals surface area contributed by atoms with Crippen molar-refractivity contribution >= 4 is 25.8 Å². The van der Waals surface area contributed by atoms with Gasteiger partial charge >= 0.3 is 6.09 Å². The lowest BCUT2D eigenvalue weighted by Gasteiger charge is -2.36. The van der Waals surface area contributed by atoms with E-state index < -0.39 is 32.1 Å². The maximum atomic E-state index is 15.2. The SMILES string of the molecule is CC(C)(C)[Si](C)(C)OCC1C=C(c2ccc(-c3ccc(N4C[C@H](Cn5ccnn5)OC4=O)cc3F)cc2F)NO1. The molecule has 1 amide bonds. The molecular weight excluding hydrogens is 536 g/mol. The zero-order valence-electron chi connectivity index (χ0n) is 23.1. The van der Waals surface area contributed by atoms with Crippen LogP contribution >= 0.6 is 0 Å². The van der Waals surface area contributed by atoms with Gasteiger partial charge in [0.15, 0.2) is 8.32 Å². The average molecular weight is 570 g/mol. The molecule has 0 aliphatic carbocycles. The number of hydroxylamine groups is 1. The summed E-state index contributed by atoms with van der Waals surface area (Å²) in [6.07, 6.45) is 3.65. The molecule has 2 aromatic carbocycles. The summed E-state index contributed by atoms with van der Waals surface area (Å²) in [5, 5.41) is 7.68. The minimum Gasteiger partial charge on any atom is -0.442 e. The summed E-state index contributed by atoms with van der Waals surface area (Å²) >= 11 is 0. The molecule has 9 nitrogen and oxygen atoms in total. The van der Waals surface area contributed by atoms with Crippen LogP contribution in [0.5, 0.6) is 0 Å². The molecule has 0 radical (unpaired) electrons. The average Bonchev–Trinajstić information content (AvgIpc) is 3.64. The van der Waals surface area contributed by atoms with E-state index in [0.29, 0.717) is 35.7 Å². The lowest BCUT2D eigenvalue weighted by Crippen LogP contribution is -2.42. The van der Waals surface area contributed by atoms with Crippen LogP contribution in [-0.4, -0.2) is 54.8 Å². The van der Waals surface area contributed by atoms with Gasteiger partial charge in [0.2, 0.25) is 0 Å². The van der Waals surface area contributed by atoms with E-state index in [4.69, 9.17) is 14.0 Å². The molecule has 3 aromatic rings. The minimum atomic E-state index is -1.95. The third kappa shape index (κ3) is 5.79. The Labute approximate surface area is 232 Å². The summed E-state index contributed by atoms with van der Waals surface area (Å²) in [6.45, 7) is 11.8. The van der Waals surface area contributed by atoms with Gasteiger partial charge in [0.25, 0.3) is 0 Å². The summed E-state index contributed by atoms with van der Waals surface area (Å²) in [5.41, 5.74) is 4.54. The van der Waals surface area contributed by atoms with Crippen molar-refractivity contribution < 1.29 is 27.6 Å². The first kappa shape index (κ1) is 27.9. The van der Waals surface area contributed by atoms with Crippen LogP contribution in [0, 0.1) is 11.6 Å². The van der Waals surface area contributed by atoms with E-state index in [0.717, 1.165) is 0 Å². The van der Waals surface area contributed by atoms with Gasteiger partial charge in [-0.25, -0.2) is 18.3 Å². The molecule has 1 unspecified atom stereocenters. The molecule has 0 spiro atoms. The predicted molar refractivity (Wildman–Crippen MR) is 149 cm³/mol. The Bertz CT molecular complexity index is 1420. The van der Waals surface area contributed by atoms with Gasteiger partial charge in [-0.05, 0) is 60.1 Å². The molecule has 2 aliphatic rings. The van der Waals surface area contributed by atoms with Crippen molar-refractivity contribution in [2.45, 2.75) is 57.7 Å². The quantitative estimate of drug-likeness (QED) is 0.358. The summed E-state index contributed by atoms with van der Waals surface area (Å²) in [7, 11) is -1.95. The summed E-state index contributed by atoms with van der Waals surface area (Å²) in [4.78, 5) is 19.4. The van der Waals surface area contributed by atoms with Crippen molar-refractivity contribution in [3.05, 3.63) is 72.1 Å². The van der Waals surface area contributed by atoms with Crippen molar-refractivity contribution in [3.63, 3.8) is 0 Å². The van der Waals surface area contributed by atoms with Crippen LogP contribution in [0.1, 0.15) is 26.3 Å². The molecule has 2 atom stereocenters. The van der Waals surface area contributed by atoms with Crippen molar-refractivity contribution in [2.24, 2.45) is 0 Å². The number of benzene rings is 2. The van der Waals surface area contributed by atoms with E-state index >= 15 is 8.78 Å². The second-order valence-electron chi connectivity index (χ2n) is 11.5. The third-order valence-electron chi connectivity index (χ3n) is 7.66. The van der Waals surface area contributed by atoms with Gasteiger partial charge < -0.3 is 9.16 Å². The third-order valence-corrected chi connectivity index (χ3v) is 12.2. The normalized spacial score (nSPS) is 19.5. The molecule has 2 aliphatic heterocycles. The first-order valence-corrected chi connectivity index (χ1v) is 16.0. The van der Waals surface area contributed by atoms with E-state index in [2.05, 4.69) is 49.7 Å². The van der Waals surface area contributed by atoms with E-state index in [1.807, 2.05) is 0 Å². The zero-order valence-corrected chi connectivity index (χ0v) is 24.1. The maximum Gasteiger partial charge on any atom is 0.414 e. The van der Waals surface area contributed by atoms with Gasteiger partial charge in [-0.2, -0.15) is 0 Å². The van der Waals surface area contributed by atoms with Gasteiger partial charge in [0.05, 0.1) is 37.3 Å². The van der Waals surface area contributed by atoms with Crippen LogP contribution < -0.4 is 10.4 Å². The van der Waals surface area contributed by atoms with E-state index in [9.17, 15) is 4.79 Å². The largest absolute Gasteiger partial charge is 0.442 e. The molecule has 12 heteroatoms. The number of hydrogen-bond donors (Lipinski definition) is 1. The van der Waals surface area contributed by atoms with Crippen LogP contribution in [0.3, 0.4) is 0 Å². The smallest absolute Gasteiger partial charge is 0.414 e. The number of cyclic esters (lactones) is 1. The highest BCUT2D eigenvalue weighted by molar-refractivity contribution is 6.74. The molecule has 1 fully saturated rings. The zero-order chi connectivity index (χ0) is 28.7. The Balaban J connectivity index is 1.26. The molecule has 40 heavy (non-hydrogen) atoms. The van der Waals surface area contributed by atoms with E-state index in [-0.39, 0.29) is 23.3 Å². The van der Waals surface area contributed by atoms with Crippen molar-refractivity contribution in [2.75, 3.05) is 18.1 Å². The predicted octanol–water partition coefficient (Wildman–Crippen LogP) is 5.51. The first-order valence-electron chi connectivity index (χ1n) is 13.1. The molecule has 3 heterocycles. The van der Waals surface area contributed by atoms with E-state index in [1.165, 1.54) is 29.3 Å². The summed E-state index contributed by atoms with van der Waals surface area (Å²) in [6, 6.07) is 8.92. The number of rotatable bonds is 8. The molecule has 1 saturated heterocycles. The summed E-state index contributed by atoms with van der Waals surface area (Å²) in [5.74, 6) is -1.10. The molecular formula is C28H33F2N5O4Si. The summed E-state index contributed by atoms with van der Waals surface area (Å²) < 4.78 is 43.6. The lowest BCUT2D eigenvalue weighted by molar-refractivity contribution is 0.0202. The van der Waals surface area contributed by atoms with Crippen LogP contribution in [0.2, 0.25) is 18.1 Å². The molecule has 1 N–H and O–H groups in total. The highest BCUT2D eigenvalue weighted by atomic mass is 28.4. The molecule has 0 saturated carbocycles. The number of carbonyl (C=O) groups is 1. The fourth-order valence-electron chi connectivity index (χ4n) is 4.30. The van der Waals surface area contributed by atoms with Crippen LogP contribution in [0.4, 0.5) is 19.3 Å². The molecule has 5 rings (SSSR count). The number of amides is 1. The minimum absolute atomic E-state index is 0.0692. The Morgan fingerprint density at radius 2 is 1.88 bits per heavy atom. The first-order chi connectivity index (χ1) is 18.9. The van der Waals surface area contributed by atoms with Gasteiger partial charge in [0.1, 0.15) is 23.8 Å². The van der Waals surface area contributed by atoms with Crippen molar-refractivity contribution in [1.82, 2.24) is 20.5 Å². The Hall–Kier alpha value is -3.61. The fourth-order valence-corrected chi connectivity index (χ4v) is 5.31.